The molecule has 0 aliphatic rings. The van der Waals surface area contributed by atoms with E-state index in [1.54, 1.807) is 0 Å². The molecule has 112 valence electrons. The summed E-state index contributed by atoms with van der Waals surface area (Å²) in [6.07, 6.45) is -5.04. The molecule has 0 aliphatic carbocycles. The van der Waals surface area contributed by atoms with Crippen molar-refractivity contribution >= 4 is 0 Å². The maximum atomic E-state index is 13.3. The van der Waals surface area contributed by atoms with E-state index in [4.69, 9.17) is 0 Å². The summed E-state index contributed by atoms with van der Waals surface area (Å²) in [4.78, 5) is 0. The van der Waals surface area contributed by atoms with Crippen LogP contribution in [0.3, 0.4) is 0 Å². The standard InChI is InChI=1S/C16H14F4O/c17-14-9-12(8-13(10-14)16(18,19)20)15(21)7-6-11-4-2-1-3-5-11/h1-5,8-10,15,21H,6-7H2. The highest BCUT2D eigenvalue weighted by atomic mass is 19.4. The van der Waals surface area contributed by atoms with Crippen molar-refractivity contribution in [3.63, 3.8) is 0 Å². The lowest BCUT2D eigenvalue weighted by atomic mass is 9.99. The van der Waals surface area contributed by atoms with Crippen LogP contribution >= 0.6 is 0 Å². The average molecular weight is 298 g/mol. The van der Waals surface area contributed by atoms with Crippen LogP contribution in [0.25, 0.3) is 0 Å². The maximum absolute atomic E-state index is 13.3. The Morgan fingerprint density at radius 3 is 2.29 bits per heavy atom. The number of aliphatic hydroxyl groups is 1. The summed E-state index contributed by atoms with van der Waals surface area (Å²) in [7, 11) is 0. The van der Waals surface area contributed by atoms with Gasteiger partial charge in [-0.15, -0.1) is 0 Å². The summed E-state index contributed by atoms with van der Waals surface area (Å²) < 4.78 is 51.1. The van der Waals surface area contributed by atoms with Gasteiger partial charge < -0.3 is 5.11 Å². The predicted octanol–water partition coefficient (Wildman–Crippen LogP) is 4.51. The molecule has 0 spiro atoms. The Labute approximate surface area is 119 Å². The van der Waals surface area contributed by atoms with Gasteiger partial charge in [0.15, 0.2) is 0 Å². The summed E-state index contributed by atoms with van der Waals surface area (Å²) in [5.74, 6) is -1.00. The van der Waals surface area contributed by atoms with Crippen molar-refractivity contribution in [3.8, 4) is 0 Å². The Bertz CT molecular complexity index is 593. The first kappa shape index (κ1) is 15.5. The van der Waals surface area contributed by atoms with E-state index in [9.17, 15) is 22.7 Å². The van der Waals surface area contributed by atoms with E-state index in [1.165, 1.54) is 0 Å². The van der Waals surface area contributed by atoms with Gasteiger partial charge in [0.2, 0.25) is 0 Å². The molecule has 0 fully saturated rings. The summed E-state index contributed by atoms with van der Waals surface area (Å²) >= 11 is 0. The van der Waals surface area contributed by atoms with Crippen LogP contribution in [0, 0.1) is 5.82 Å². The zero-order valence-electron chi connectivity index (χ0n) is 11.1. The highest BCUT2D eigenvalue weighted by molar-refractivity contribution is 5.28. The lowest BCUT2D eigenvalue weighted by molar-refractivity contribution is -0.137. The zero-order valence-corrected chi connectivity index (χ0v) is 11.1. The molecule has 5 heteroatoms. The first-order chi connectivity index (χ1) is 9.86. The molecule has 21 heavy (non-hydrogen) atoms. The minimum atomic E-state index is -4.63. The molecule has 0 radical (unpaired) electrons. The van der Waals surface area contributed by atoms with Crippen molar-refractivity contribution in [2.24, 2.45) is 0 Å². The van der Waals surface area contributed by atoms with Crippen molar-refractivity contribution in [1.29, 1.82) is 0 Å². The van der Waals surface area contributed by atoms with E-state index in [1.807, 2.05) is 30.3 Å². The van der Waals surface area contributed by atoms with Crippen LogP contribution in [0.4, 0.5) is 17.6 Å². The molecule has 2 aromatic rings. The molecule has 0 saturated carbocycles. The summed E-state index contributed by atoms with van der Waals surface area (Å²) in [6, 6.07) is 11.4. The molecule has 1 nitrogen and oxygen atoms in total. The van der Waals surface area contributed by atoms with Gasteiger partial charge in [-0.25, -0.2) is 4.39 Å². The SMILES string of the molecule is OC(CCc1ccccc1)c1cc(F)cc(C(F)(F)F)c1. The van der Waals surface area contributed by atoms with Gasteiger partial charge >= 0.3 is 6.18 Å². The fourth-order valence-corrected chi connectivity index (χ4v) is 2.08. The number of hydrogen-bond donors (Lipinski definition) is 1. The van der Waals surface area contributed by atoms with Crippen molar-refractivity contribution in [2.45, 2.75) is 25.1 Å². The summed E-state index contributed by atoms with van der Waals surface area (Å²) in [5, 5.41) is 9.96. The van der Waals surface area contributed by atoms with Crippen molar-refractivity contribution in [1.82, 2.24) is 0 Å². The highest BCUT2D eigenvalue weighted by Crippen LogP contribution is 2.32. The minimum Gasteiger partial charge on any atom is -0.388 e. The van der Waals surface area contributed by atoms with Crippen LogP contribution in [0.2, 0.25) is 0 Å². The third-order valence-electron chi connectivity index (χ3n) is 3.18. The first-order valence-corrected chi connectivity index (χ1v) is 6.46. The van der Waals surface area contributed by atoms with Crippen LogP contribution in [-0.2, 0) is 12.6 Å². The van der Waals surface area contributed by atoms with E-state index < -0.39 is 23.7 Å². The highest BCUT2D eigenvalue weighted by Gasteiger charge is 2.31. The molecule has 1 unspecified atom stereocenters. The maximum Gasteiger partial charge on any atom is 0.416 e. The van der Waals surface area contributed by atoms with Crippen LogP contribution in [0.1, 0.15) is 29.2 Å². The second-order valence-electron chi connectivity index (χ2n) is 4.81. The third-order valence-corrected chi connectivity index (χ3v) is 3.18. The van der Waals surface area contributed by atoms with Crippen molar-refractivity contribution in [3.05, 3.63) is 71.0 Å². The molecule has 0 aliphatic heterocycles. The van der Waals surface area contributed by atoms with Gasteiger partial charge in [0, 0.05) is 0 Å². The lowest BCUT2D eigenvalue weighted by Gasteiger charge is -2.14. The van der Waals surface area contributed by atoms with Gasteiger partial charge in [-0.05, 0) is 42.2 Å². The average Bonchev–Trinajstić information content (AvgIpc) is 2.44. The van der Waals surface area contributed by atoms with E-state index >= 15 is 0 Å². The molecule has 1 atom stereocenters. The van der Waals surface area contributed by atoms with Crippen molar-refractivity contribution < 1.29 is 22.7 Å². The number of hydrogen-bond acceptors (Lipinski definition) is 1. The van der Waals surface area contributed by atoms with Crippen LogP contribution in [0.15, 0.2) is 48.5 Å². The van der Waals surface area contributed by atoms with Crippen LogP contribution in [0.5, 0.6) is 0 Å². The van der Waals surface area contributed by atoms with E-state index in [2.05, 4.69) is 0 Å². The van der Waals surface area contributed by atoms with Gasteiger partial charge in [0.25, 0.3) is 0 Å². The number of benzene rings is 2. The lowest BCUT2D eigenvalue weighted by Crippen LogP contribution is -2.08. The van der Waals surface area contributed by atoms with Gasteiger partial charge in [0.05, 0.1) is 11.7 Å². The van der Waals surface area contributed by atoms with Crippen LogP contribution < -0.4 is 0 Å². The quantitative estimate of drug-likeness (QED) is 0.823. The number of rotatable bonds is 4. The Morgan fingerprint density at radius 2 is 1.67 bits per heavy atom. The molecule has 0 bridgehead atoms. The van der Waals surface area contributed by atoms with Crippen molar-refractivity contribution in [2.75, 3.05) is 0 Å². The fourth-order valence-electron chi connectivity index (χ4n) is 2.08. The van der Waals surface area contributed by atoms with E-state index in [0.29, 0.717) is 12.5 Å². The second-order valence-corrected chi connectivity index (χ2v) is 4.81. The minimum absolute atomic E-state index is 0.0572. The second kappa shape index (κ2) is 6.26. The smallest absolute Gasteiger partial charge is 0.388 e. The molecule has 0 saturated heterocycles. The fraction of sp³-hybridized carbons (Fsp3) is 0.250. The topological polar surface area (TPSA) is 20.2 Å². The Balaban J connectivity index is 2.12. The van der Waals surface area contributed by atoms with Gasteiger partial charge in [-0.2, -0.15) is 13.2 Å². The molecule has 0 amide bonds. The normalized spacial score (nSPS) is 13.2. The number of halogens is 4. The van der Waals surface area contributed by atoms with E-state index in [0.717, 1.165) is 17.7 Å². The Hall–Kier alpha value is -1.88. The predicted molar refractivity (Wildman–Crippen MR) is 71.1 cm³/mol. The molecular weight excluding hydrogens is 284 g/mol. The number of aryl methyl sites for hydroxylation is 1. The molecule has 0 aromatic heterocycles. The van der Waals surface area contributed by atoms with E-state index in [-0.39, 0.29) is 12.0 Å². The molecule has 2 aromatic carbocycles. The zero-order chi connectivity index (χ0) is 15.5. The molecule has 2 rings (SSSR count). The monoisotopic (exact) mass is 298 g/mol. The molecule has 0 heterocycles. The largest absolute Gasteiger partial charge is 0.416 e. The van der Waals surface area contributed by atoms with Gasteiger partial charge in [-0.3, -0.25) is 0 Å². The summed E-state index contributed by atoms with van der Waals surface area (Å²) in [6.45, 7) is 0. The third kappa shape index (κ3) is 4.29. The number of alkyl halides is 3. The first-order valence-electron chi connectivity index (χ1n) is 6.46. The number of aliphatic hydroxyl groups excluding tert-OH is 1. The Morgan fingerprint density at radius 1 is 1.00 bits per heavy atom. The Kier molecular flexibility index (Phi) is 4.63. The van der Waals surface area contributed by atoms with Gasteiger partial charge in [-0.1, -0.05) is 30.3 Å². The van der Waals surface area contributed by atoms with Gasteiger partial charge in [0.1, 0.15) is 5.82 Å². The molecular formula is C16H14F4O. The van der Waals surface area contributed by atoms with Crippen LogP contribution in [-0.4, -0.2) is 5.11 Å². The molecule has 1 N–H and O–H groups in total. The summed E-state index contributed by atoms with van der Waals surface area (Å²) in [5.41, 5.74) is -0.182.